The van der Waals surface area contributed by atoms with Gasteiger partial charge in [-0.25, -0.2) is 0 Å². The van der Waals surface area contributed by atoms with Gasteiger partial charge < -0.3 is 4.74 Å². The van der Waals surface area contributed by atoms with Crippen LogP contribution in [0.15, 0.2) is 84.9 Å². The maximum absolute atomic E-state index is 10.2. The van der Waals surface area contributed by atoms with Crippen molar-refractivity contribution in [3.05, 3.63) is 102 Å². The molecule has 23 heavy (non-hydrogen) atoms. The lowest BCUT2D eigenvalue weighted by atomic mass is 9.70. The van der Waals surface area contributed by atoms with Crippen molar-refractivity contribution in [1.82, 2.24) is 0 Å². The Bertz CT molecular complexity index is 780. The fraction of sp³-hybridized carbons (Fsp3) is 0.0952. The number of nitriles is 1. The molecule has 0 aliphatic rings. The van der Waals surface area contributed by atoms with Gasteiger partial charge in [-0.3, -0.25) is 0 Å². The van der Waals surface area contributed by atoms with Crippen LogP contribution in [-0.4, -0.2) is 7.11 Å². The monoisotopic (exact) mass is 299 g/mol. The summed E-state index contributed by atoms with van der Waals surface area (Å²) in [4.78, 5) is 0. The van der Waals surface area contributed by atoms with Crippen molar-refractivity contribution >= 4 is 0 Å². The molecular weight excluding hydrogens is 282 g/mol. The Morgan fingerprint density at radius 3 is 1.74 bits per heavy atom. The molecule has 3 aromatic rings. The van der Waals surface area contributed by atoms with E-state index in [1.165, 1.54) is 0 Å². The first-order valence-electron chi connectivity index (χ1n) is 7.48. The van der Waals surface area contributed by atoms with E-state index >= 15 is 0 Å². The Labute approximate surface area is 136 Å². The normalized spacial score (nSPS) is 10.8. The van der Waals surface area contributed by atoms with Gasteiger partial charge in [0.05, 0.1) is 13.2 Å². The van der Waals surface area contributed by atoms with Crippen molar-refractivity contribution in [2.75, 3.05) is 7.11 Å². The summed E-state index contributed by atoms with van der Waals surface area (Å²) in [5.74, 6) is 0.744. The van der Waals surface area contributed by atoms with Crippen LogP contribution in [-0.2, 0) is 5.41 Å². The number of hydrogen-bond donors (Lipinski definition) is 0. The standard InChI is InChI=1S/C21H17NO/c1-23-20-14-8-13-19(15-20)21(16-22,17-9-4-2-5-10-17)18-11-6-3-7-12-18/h2-15H,1H3. The molecule has 3 rings (SSSR count). The molecule has 0 aliphatic heterocycles. The summed E-state index contributed by atoms with van der Waals surface area (Å²) >= 11 is 0. The van der Waals surface area contributed by atoms with E-state index < -0.39 is 5.41 Å². The second-order valence-electron chi connectivity index (χ2n) is 5.33. The van der Waals surface area contributed by atoms with Crippen molar-refractivity contribution in [3.63, 3.8) is 0 Å². The van der Waals surface area contributed by atoms with Gasteiger partial charge in [-0.05, 0) is 28.8 Å². The molecule has 0 heterocycles. The minimum atomic E-state index is -0.864. The van der Waals surface area contributed by atoms with Crippen molar-refractivity contribution in [1.29, 1.82) is 5.26 Å². The maximum Gasteiger partial charge on any atom is 0.132 e. The molecule has 0 atom stereocenters. The lowest BCUT2D eigenvalue weighted by molar-refractivity contribution is 0.414. The molecule has 0 N–H and O–H groups in total. The van der Waals surface area contributed by atoms with E-state index in [1.807, 2.05) is 84.9 Å². The van der Waals surface area contributed by atoms with Crippen LogP contribution in [0.3, 0.4) is 0 Å². The van der Waals surface area contributed by atoms with E-state index in [-0.39, 0.29) is 0 Å². The predicted molar refractivity (Wildman–Crippen MR) is 91.4 cm³/mol. The van der Waals surface area contributed by atoms with E-state index in [0.29, 0.717) is 0 Å². The molecule has 0 fully saturated rings. The van der Waals surface area contributed by atoms with Crippen LogP contribution in [0.4, 0.5) is 0 Å². The van der Waals surface area contributed by atoms with Gasteiger partial charge in [-0.15, -0.1) is 0 Å². The maximum atomic E-state index is 10.2. The van der Waals surface area contributed by atoms with Gasteiger partial charge in [0, 0.05) is 0 Å². The third-order valence-electron chi connectivity index (χ3n) is 4.08. The molecule has 0 saturated heterocycles. The number of hydrogen-bond acceptors (Lipinski definition) is 2. The summed E-state index contributed by atoms with van der Waals surface area (Å²) < 4.78 is 5.36. The lowest BCUT2D eigenvalue weighted by Gasteiger charge is -2.29. The van der Waals surface area contributed by atoms with Crippen LogP contribution in [0.1, 0.15) is 16.7 Å². The third kappa shape index (κ3) is 2.58. The summed E-state index contributed by atoms with van der Waals surface area (Å²) in [5, 5.41) is 10.2. The topological polar surface area (TPSA) is 33.0 Å². The summed E-state index contributed by atoms with van der Waals surface area (Å²) in [6, 6.07) is 30.0. The highest BCUT2D eigenvalue weighted by molar-refractivity contribution is 5.57. The van der Waals surface area contributed by atoms with Gasteiger partial charge in [0.25, 0.3) is 0 Å². The number of methoxy groups -OCH3 is 1. The highest BCUT2D eigenvalue weighted by Crippen LogP contribution is 2.39. The summed E-state index contributed by atoms with van der Waals surface area (Å²) in [6.45, 7) is 0. The largest absolute Gasteiger partial charge is 0.497 e. The number of ether oxygens (including phenoxy) is 1. The van der Waals surface area contributed by atoms with Crippen LogP contribution in [0, 0.1) is 11.3 Å². The fourth-order valence-electron chi connectivity index (χ4n) is 2.93. The van der Waals surface area contributed by atoms with E-state index in [2.05, 4.69) is 6.07 Å². The minimum Gasteiger partial charge on any atom is -0.497 e. The molecule has 0 bridgehead atoms. The van der Waals surface area contributed by atoms with E-state index in [9.17, 15) is 5.26 Å². The van der Waals surface area contributed by atoms with E-state index in [1.54, 1.807) is 7.11 Å². The quantitative estimate of drug-likeness (QED) is 0.662. The van der Waals surface area contributed by atoms with Crippen molar-refractivity contribution in [2.24, 2.45) is 0 Å². The second-order valence-corrected chi connectivity index (χ2v) is 5.33. The van der Waals surface area contributed by atoms with Crippen molar-refractivity contribution in [2.45, 2.75) is 5.41 Å². The first-order valence-corrected chi connectivity index (χ1v) is 7.48. The zero-order valence-corrected chi connectivity index (χ0v) is 12.9. The van der Waals surface area contributed by atoms with E-state index in [0.717, 1.165) is 22.4 Å². The number of benzene rings is 3. The SMILES string of the molecule is COc1cccc(C(C#N)(c2ccccc2)c2ccccc2)c1. The van der Waals surface area contributed by atoms with Crippen molar-refractivity contribution in [3.8, 4) is 11.8 Å². The highest BCUT2D eigenvalue weighted by atomic mass is 16.5. The van der Waals surface area contributed by atoms with Gasteiger partial charge in [-0.1, -0.05) is 72.8 Å². The van der Waals surface area contributed by atoms with Gasteiger partial charge in [0.15, 0.2) is 0 Å². The lowest BCUT2D eigenvalue weighted by Crippen LogP contribution is -2.27. The molecule has 0 spiro atoms. The first kappa shape index (κ1) is 14.9. The van der Waals surface area contributed by atoms with Crippen LogP contribution in [0.25, 0.3) is 0 Å². The molecule has 3 aromatic carbocycles. The molecule has 2 heteroatoms. The van der Waals surface area contributed by atoms with E-state index in [4.69, 9.17) is 4.74 Å². The van der Waals surface area contributed by atoms with Gasteiger partial charge in [0.1, 0.15) is 11.2 Å². The summed E-state index contributed by atoms with van der Waals surface area (Å²) in [6.07, 6.45) is 0. The van der Waals surface area contributed by atoms with Crippen LogP contribution in [0.5, 0.6) is 5.75 Å². The van der Waals surface area contributed by atoms with Gasteiger partial charge >= 0.3 is 0 Å². The zero-order valence-electron chi connectivity index (χ0n) is 12.9. The molecule has 0 unspecified atom stereocenters. The fourth-order valence-corrected chi connectivity index (χ4v) is 2.93. The van der Waals surface area contributed by atoms with Crippen LogP contribution >= 0.6 is 0 Å². The molecule has 0 radical (unpaired) electrons. The molecule has 0 aromatic heterocycles. The average molecular weight is 299 g/mol. The van der Waals surface area contributed by atoms with Crippen LogP contribution < -0.4 is 4.74 Å². The Morgan fingerprint density at radius 2 is 1.26 bits per heavy atom. The van der Waals surface area contributed by atoms with Crippen LogP contribution in [0.2, 0.25) is 0 Å². The van der Waals surface area contributed by atoms with Crippen molar-refractivity contribution < 1.29 is 4.74 Å². The van der Waals surface area contributed by atoms with Gasteiger partial charge in [0.2, 0.25) is 0 Å². The zero-order chi connectivity index (χ0) is 16.1. The Balaban J connectivity index is 2.32. The number of nitrogens with zero attached hydrogens (tertiary/aromatic N) is 1. The molecule has 112 valence electrons. The van der Waals surface area contributed by atoms with Gasteiger partial charge in [-0.2, -0.15) is 5.26 Å². The molecule has 0 saturated carbocycles. The summed E-state index contributed by atoms with van der Waals surface area (Å²) in [7, 11) is 1.64. The highest BCUT2D eigenvalue weighted by Gasteiger charge is 2.36. The Hall–Kier alpha value is -3.05. The minimum absolute atomic E-state index is 0.744. The Kier molecular flexibility index (Phi) is 4.12. The number of rotatable bonds is 4. The molecule has 2 nitrogen and oxygen atoms in total. The molecule has 0 amide bonds. The smallest absolute Gasteiger partial charge is 0.132 e. The molecular formula is C21H17NO. The summed E-state index contributed by atoms with van der Waals surface area (Å²) in [5.41, 5.74) is 1.93. The third-order valence-corrected chi connectivity index (χ3v) is 4.08. The first-order chi connectivity index (χ1) is 11.3. The Morgan fingerprint density at radius 1 is 0.739 bits per heavy atom. The average Bonchev–Trinajstić information content (AvgIpc) is 2.65. The molecule has 0 aliphatic carbocycles. The predicted octanol–water partition coefficient (Wildman–Crippen LogP) is 4.55. The second kappa shape index (κ2) is 6.37.